The van der Waals surface area contributed by atoms with Crippen LogP contribution in [0.25, 0.3) is 0 Å². The van der Waals surface area contributed by atoms with Crippen LogP contribution in [0.2, 0.25) is 0 Å². The van der Waals surface area contributed by atoms with Crippen molar-refractivity contribution in [1.82, 2.24) is 15.3 Å². The Morgan fingerprint density at radius 3 is 2.88 bits per heavy atom. The van der Waals surface area contributed by atoms with Gasteiger partial charge in [0, 0.05) is 19.5 Å². The number of H-pyrrole nitrogens is 1. The number of aromatic amines is 1. The Kier molecular flexibility index (Phi) is 5.19. The molecule has 0 aliphatic heterocycles. The minimum absolute atomic E-state index is 0.265. The van der Waals surface area contributed by atoms with Gasteiger partial charge in [-0.1, -0.05) is 6.92 Å². The largest absolute Gasteiger partial charge is 0.464 e. The van der Waals surface area contributed by atoms with E-state index >= 15 is 0 Å². The fraction of sp³-hybridized carbons (Fsp3) is 0.545. The Labute approximate surface area is 99.8 Å². The van der Waals surface area contributed by atoms with E-state index in [1.54, 1.807) is 6.20 Å². The van der Waals surface area contributed by atoms with Crippen molar-refractivity contribution in [3.8, 4) is 0 Å². The summed E-state index contributed by atoms with van der Waals surface area (Å²) in [5.74, 6) is -0.691. The summed E-state index contributed by atoms with van der Waals surface area (Å²) in [5, 5.41) is 2.56. The highest BCUT2D eigenvalue weighted by molar-refractivity contribution is 5.83. The summed E-state index contributed by atoms with van der Waals surface area (Å²) < 4.78 is 5.01. The quantitative estimate of drug-likeness (QED) is 0.704. The van der Waals surface area contributed by atoms with Crippen molar-refractivity contribution < 1.29 is 14.3 Å². The van der Waals surface area contributed by atoms with E-state index in [0.717, 1.165) is 6.42 Å². The van der Waals surface area contributed by atoms with Gasteiger partial charge in [0.1, 0.15) is 6.04 Å². The number of nitrogens with zero attached hydrogens (tertiary/aromatic N) is 1. The molecule has 1 aromatic rings. The molecular weight excluding hydrogens is 222 g/mol. The third-order valence-electron chi connectivity index (χ3n) is 2.08. The van der Waals surface area contributed by atoms with Crippen LogP contribution in [0.15, 0.2) is 12.5 Å². The highest BCUT2D eigenvalue weighted by atomic mass is 16.5. The lowest BCUT2D eigenvalue weighted by Gasteiger charge is -2.15. The molecule has 1 amide bonds. The van der Waals surface area contributed by atoms with Gasteiger partial charge in [-0.2, -0.15) is 0 Å². The molecule has 1 atom stereocenters. The van der Waals surface area contributed by atoms with Gasteiger partial charge in [0.2, 0.25) is 5.91 Å². The summed E-state index contributed by atoms with van der Waals surface area (Å²) in [6.07, 6.45) is 4.28. The summed E-state index contributed by atoms with van der Waals surface area (Å²) >= 11 is 0. The number of rotatable bonds is 6. The topological polar surface area (TPSA) is 84.1 Å². The molecule has 6 heteroatoms. The Hall–Kier alpha value is -1.85. The SMILES string of the molecule is CCCOC(=O)C(Cc1c[nH]cn1)NC(C)=O. The Morgan fingerprint density at radius 2 is 2.35 bits per heavy atom. The number of nitrogens with one attached hydrogen (secondary N) is 2. The minimum Gasteiger partial charge on any atom is -0.464 e. The maximum Gasteiger partial charge on any atom is 0.329 e. The first kappa shape index (κ1) is 13.2. The van der Waals surface area contributed by atoms with Crippen molar-refractivity contribution in [2.45, 2.75) is 32.7 Å². The summed E-state index contributed by atoms with van der Waals surface area (Å²) in [5.41, 5.74) is 0.706. The van der Waals surface area contributed by atoms with Crippen molar-refractivity contribution in [3.63, 3.8) is 0 Å². The van der Waals surface area contributed by atoms with Crippen molar-refractivity contribution in [2.75, 3.05) is 6.61 Å². The maximum absolute atomic E-state index is 11.7. The molecule has 0 aliphatic rings. The average molecular weight is 239 g/mol. The Morgan fingerprint density at radius 1 is 1.59 bits per heavy atom. The summed E-state index contributed by atoms with van der Waals surface area (Å²) in [4.78, 5) is 29.5. The number of amides is 1. The standard InChI is InChI=1S/C11H17N3O3/c1-3-4-17-11(16)10(14-8(2)15)5-9-6-12-7-13-9/h6-7,10H,3-5H2,1-2H3,(H,12,13)(H,14,15). The van der Waals surface area contributed by atoms with Crippen LogP contribution in [-0.2, 0) is 20.7 Å². The molecule has 94 valence electrons. The van der Waals surface area contributed by atoms with Gasteiger partial charge in [0.05, 0.1) is 18.6 Å². The number of carbonyl (C=O) groups is 2. The molecule has 17 heavy (non-hydrogen) atoms. The number of carbonyl (C=O) groups excluding carboxylic acids is 2. The molecule has 1 heterocycles. The van der Waals surface area contributed by atoms with Gasteiger partial charge in [-0.25, -0.2) is 9.78 Å². The lowest BCUT2D eigenvalue weighted by atomic mass is 10.1. The maximum atomic E-state index is 11.7. The number of ether oxygens (including phenoxy) is 1. The van der Waals surface area contributed by atoms with Gasteiger partial charge >= 0.3 is 5.97 Å². The summed E-state index contributed by atoms with van der Waals surface area (Å²) in [7, 11) is 0. The second-order valence-corrected chi connectivity index (χ2v) is 3.69. The average Bonchev–Trinajstić information content (AvgIpc) is 2.77. The molecule has 0 aliphatic carbocycles. The van der Waals surface area contributed by atoms with Crippen LogP contribution in [-0.4, -0.2) is 34.5 Å². The van der Waals surface area contributed by atoms with Crippen molar-refractivity contribution in [1.29, 1.82) is 0 Å². The fourth-order valence-corrected chi connectivity index (χ4v) is 1.35. The predicted molar refractivity (Wildman–Crippen MR) is 61.1 cm³/mol. The van der Waals surface area contributed by atoms with Gasteiger partial charge < -0.3 is 15.0 Å². The zero-order valence-electron chi connectivity index (χ0n) is 10.0. The second kappa shape index (κ2) is 6.67. The Bertz CT molecular complexity index is 362. The molecule has 0 spiro atoms. The zero-order valence-corrected chi connectivity index (χ0v) is 10.0. The molecule has 0 radical (unpaired) electrons. The zero-order chi connectivity index (χ0) is 12.7. The van der Waals surface area contributed by atoms with E-state index in [1.165, 1.54) is 13.3 Å². The van der Waals surface area contributed by atoms with Crippen molar-refractivity contribution >= 4 is 11.9 Å². The summed E-state index contributed by atoms with van der Waals surface area (Å²) in [6.45, 7) is 3.63. The van der Waals surface area contributed by atoms with E-state index in [2.05, 4.69) is 15.3 Å². The number of imidazole rings is 1. The number of aromatic nitrogens is 2. The molecule has 0 saturated heterocycles. The second-order valence-electron chi connectivity index (χ2n) is 3.69. The number of esters is 1. The first-order valence-corrected chi connectivity index (χ1v) is 5.55. The number of hydrogen-bond acceptors (Lipinski definition) is 4. The molecule has 0 fully saturated rings. The predicted octanol–water partition coefficient (Wildman–Crippen LogP) is 0.410. The normalized spacial score (nSPS) is 11.9. The van der Waals surface area contributed by atoms with Crippen LogP contribution < -0.4 is 5.32 Å². The lowest BCUT2D eigenvalue weighted by molar-refractivity contribution is -0.147. The van der Waals surface area contributed by atoms with Crippen LogP contribution in [0.1, 0.15) is 26.0 Å². The van der Waals surface area contributed by atoms with E-state index in [1.807, 2.05) is 6.92 Å². The molecule has 2 N–H and O–H groups in total. The highest BCUT2D eigenvalue weighted by Gasteiger charge is 2.21. The molecule has 6 nitrogen and oxygen atoms in total. The highest BCUT2D eigenvalue weighted by Crippen LogP contribution is 2.01. The van der Waals surface area contributed by atoms with Crippen molar-refractivity contribution in [3.05, 3.63) is 18.2 Å². The van der Waals surface area contributed by atoms with Gasteiger partial charge in [0.15, 0.2) is 0 Å². The van der Waals surface area contributed by atoms with Crippen LogP contribution in [0.3, 0.4) is 0 Å². The summed E-state index contributed by atoms with van der Waals surface area (Å²) in [6, 6.07) is -0.678. The van der Waals surface area contributed by atoms with Gasteiger partial charge in [-0.15, -0.1) is 0 Å². The van der Waals surface area contributed by atoms with Crippen LogP contribution in [0.5, 0.6) is 0 Å². The van der Waals surface area contributed by atoms with E-state index in [0.29, 0.717) is 18.7 Å². The first-order chi connectivity index (χ1) is 8.13. The number of hydrogen-bond donors (Lipinski definition) is 2. The van der Waals surface area contributed by atoms with Crippen LogP contribution in [0.4, 0.5) is 0 Å². The molecule has 0 bridgehead atoms. The van der Waals surface area contributed by atoms with Crippen LogP contribution in [0, 0.1) is 0 Å². The van der Waals surface area contributed by atoms with Crippen molar-refractivity contribution in [2.24, 2.45) is 0 Å². The Balaban J connectivity index is 2.59. The molecule has 1 rings (SSSR count). The van der Waals surface area contributed by atoms with Gasteiger partial charge in [-0.05, 0) is 6.42 Å². The van der Waals surface area contributed by atoms with Crippen LogP contribution >= 0.6 is 0 Å². The molecule has 0 saturated carbocycles. The monoisotopic (exact) mass is 239 g/mol. The van der Waals surface area contributed by atoms with E-state index in [4.69, 9.17) is 4.74 Å². The molecule has 0 aromatic carbocycles. The fourth-order valence-electron chi connectivity index (χ4n) is 1.35. The van der Waals surface area contributed by atoms with Gasteiger partial charge in [-0.3, -0.25) is 4.79 Å². The van der Waals surface area contributed by atoms with E-state index < -0.39 is 12.0 Å². The molecular formula is C11H17N3O3. The third-order valence-corrected chi connectivity index (χ3v) is 2.08. The molecule has 1 unspecified atom stereocenters. The first-order valence-electron chi connectivity index (χ1n) is 5.55. The lowest BCUT2D eigenvalue weighted by Crippen LogP contribution is -2.42. The third kappa shape index (κ3) is 4.67. The van der Waals surface area contributed by atoms with Gasteiger partial charge in [0.25, 0.3) is 0 Å². The minimum atomic E-state index is -0.678. The molecule has 1 aromatic heterocycles. The smallest absolute Gasteiger partial charge is 0.329 e. The van der Waals surface area contributed by atoms with E-state index in [-0.39, 0.29) is 5.91 Å². The van der Waals surface area contributed by atoms with E-state index in [9.17, 15) is 9.59 Å².